The van der Waals surface area contributed by atoms with Crippen LogP contribution in [0.5, 0.6) is 5.75 Å². The van der Waals surface area contributed by atoms with Crippen LogP contribution in [0, 0.1) is 13.8 Å². The molecule has 0 aliphatic rings. The topological polar surface area (TPSA) is 64.4 Å². The summed E-state index contributed by atoms with van der Waals surface area (Å²) >= 11 is 1.36. The first-order chi connectivity index (χ1) is 13.0. The molecule has 1 amide bonds. The monoisotopic (exact) mass is 378 g/mol. The maximum absolute atomic E-state index is 12.5. The highest BCUT2D eigenvalue weighted by atomic mass is 32.1. The molecule has 0 spiro atoms. The van der Waals surface area contributed by atoms with Crippen molar-refractivity contribution in [3.63, 3.8) is 0 Å². The largest absolute Gasteiger partial charge is 0.497 e. The predicted molar refractivity (Wildman–Crippen MR) is 108 cm³/mol. The van der Waals surface area contributed by atoms with Crippen molar-refractivity contribution in [1.82, 2.24) is 4.98 Å². The van der Waals surface area contributed by atoms with E-state index in [1.807, 2.05) is 61.7 Å². The van der Waals surface area contributed by atoms with Crippen molar-refractivity contribution in [3.8, 4) is 17.2 Å². The maximum atomic E-state index is 12.5. The van der Waals surface area contributed by atoms with Gasteiger partial charge in [0.05, 0.1) is 7.11 Å². The van der Waals surface area contributed by atoms with E-state index in [4.69, 9.17) is 9.15 Å². The molecule has 0 fully saturated rings. The Kier molecular flexibility index (Phi) is 4.41. The van der Waals surface area contributed by atoms with E-state index < -0.39 is 0 Å². The van der Waals surface area contributed by atoms with Gasteiger partial charge in [0.25, 0.3) is 5.91 Å². The minimum absolute atomic E-state index is 0.173. The van der Waals surface area contributed by atoms with Crippen molar-refractivity contribution < 1.29 is 13.9 Å². The molecule has 0 bridgehead atoms. The molecule has 27 heavy (non-hydrogen) atoms. The number of methoxy groups -OCH3 is 1. The molecule has 0 radical (unpaired) electrons. The molecule has 0 atom stereocenters. The van der Waals surface area contributed by atoms with Crippen LogP contribution >= 0.6 is 11.3 Å². The van der Waals surface area contributed by atoms with Gasteiger partial charge in [-0.05, 0) is 61.4 Å². The summed E-state index contributed by atoms with van der Waals surface area (Å²) in [6.07, 6.45) is 0. The number of amides is 1. The molecule has 2 heterocycles. The highest BCUT2D eigenvalue weighted by Gasteiger charge is 2.13. The number of hydrogen-bond acceptors (Lipinski definition) is 5. The van der Waals surface area contributed by atoms with Gasteiger partial charge in [-0.15, -0.1) is 11.3 Å². The number of aromatic nitrogens is 1. The van der Waals surface area contributed by atoms with Crippen molar-refractivity contribution in [2.24, 2.45) is 0 Å². The second-order valence-corrected chi connectivity index (χ2v) is 7.16. The number of fused-ring (bicyclic) bond motifs is 1. The van der Waals surface area contributed by atoms with Crippen molar-refractivity contribution >= 4 is 33.3 Å². The van der Waals surface area contributed by atoms with Crippen LogP contribution in [0.1, 0.15) is 21.5 Å². The van der Waals surface area contributed by atoms with Gasteiger partial charge in [-0.3, -0.25) is 10.1 Å². The maximum Gasteiger partial charge on any atom is 0.257 e. The Labute approximate surface area is 160 Å². The molecule has 0 aliphatic carbocycles. The van der Waals surface area contributed by atoms with Crippen molar-refractivity contribution in [2.75, 3.05) is 12.4 Å². The Hall–Kier alpha value is -3.12. The molecule has 4 aromatic rings. The third-order valence-corrected chi connectivity index (χ3v) is 5.23. The highest BCUT2D eigenvalue weighted by molar-refractivity contribution is 7.14. The van der Waals surface area contributed by atoms with Crippen LogP contribution in [-0.2, 0) is 0 Å². The zero-order chi connectivity index (χ0) is 19.0. The SMILES string of the molecule is COc1ccc2oc(-c3csc(NC(=O)c4ccc(C)c(C)c4)n3)cc2c1. The Morgan fingerprint density at radius 2 is 1.96 bits per heavy atom. The fourth-order valence-corrected chi connectivity index (χ4v) is 3.47. The summed E-state index contributed by atoms with van der Waals surface area (Å²) in [6, 6.07) is 13.2. The van der Waals surface area contributed by atoms with Crippen LogP contribution in [0.25, 0.3) is 22.4 Å². The predicted octanol–water partition coefficient (Wildman–Crippen LogP) is 5.43. The lowest BCUT2D eigenvalue weighted by Gasteiger charge is -2.04. The van der Waals surface area contributed by atoms with Crippen LogP contribution in [-0.4, -0.2) is 18.0 Å². The number of carbonyl (C=O) groups is 1. The standard InChI is InChI=1S/C21H18N2O3S/c1-12-4-5-14(8-13(12)2)20(24)23-21-22-17(11-27-21)19-10-15-9-16(25-3)6-7-18(15)26-19/h4-11H,1-3H3,(H,22,23,24). The zero-order valence-corrected chi connectivity index (χ0v) is 16.0. The minimum atomic E-state index is -0.173. The number of benzene rings is 2. The Balaban J connectivity index is 1.56. The lowest BCUT2D eigenvalue weighted by molar-refractivity contribution is 0.102. The number of hydrogen-bond donors (Lipinski definition) is 1. The number of aryl methyl sites for hydroxylation is 2. The molecular weight excluding hydrogens is 360 g/mol. The summed E-state index contributed by atoms with van der Waals surface area (Å²) in [5.74, 6) is 1.25. The first kappa shape index (κ1) is 17.3. The zero-order valence-electron chi connectivity index (χ0n) is 15.2. The normalized spacial score (nSPS) is 10.9. The van der Waals surface area contributed by atoms with Gasteiger partial charge in [-0.25, -0.2) is 4.98 Å². The van der Waals surface area contributed by atoms with Gasteiger partial charge < -0.3 is 9.15 Å². The molecule has 0 unspecified atom stereocenters. The summed E-state index contributed by atoms with van der Waals surface area (Å²) in [5, 5.41) is 6.20. The molecule has 0 aliphatic heterocycles. The van der Waals surface area contributed by atoms with E-state index in [1.54, 1.807) is 7.11 Å². The number of ether oxygens (including phenoxy) is 1. The number of anilines is 1. The number of nitrogens with zero attached hydrogens (tertiary/aromatic N) is 1. The fraction of sp³-hybridized carbons (Fsp3) is 0.143. The number of carbonyl (C=O) groups excluding carboxylic acids is 1. The van der Waals surface area contributed by atoms with Gasteiger partial charge in [0.2, 0.25) is 0 Å². The summed E-state index contributed by atoms with van der Waals surface area (Å²) in [6.45, 7) is 4.01. The molecule has 1 N–H and O–H groups in total. The van der Waals surface area contributed by atoms with Crippen molar-refractivity contribution in [1.29, 1.82) is 0 Å². The Morgan fingerprint density at radius 3 is 2.74 bits per heavy atom. The van der Waals surface area contributed by atoms with Gasteiger partial charge in [0.1, 0.15) is 17.0 Å². The number of thiazole rings is 1. The van der Waals surface area contributed by atoms with E-state index in [9.17, 15) is 4.79 Å². The van der Waals surface area contributed by atoms with Gasteiger partial charge in [-0.2, -0.15) is 0 Å². The lowest BCUT2D eigenvalue weighted by Crippen LogP contribution is -2.12. The van der Waals surface area contributed by atoms with Crippen LogP contribution in [0.3, 0.4) is 0 Å². The smallest absolute Gasteiger partial charge is 0.257 e. The Morgan fingerprint density at radius 1 is 1.11 bits per heavy atom. The quantitative estimate of drug-likeness (QED) is 0.514. The van der Waals surface area contributed by atoms with E-state index in [0.717, 1.165) is 27.8 Å². The van der Waals surface area contributed by atoms with Crippen LogP contribution in [0.4, 0.5) is 5.13 Å². The van der Waals surface area contributed by atoms with Gasteiger partial charge >= 0.3 is 0 Å². The summed E-state index contributed by atoms with van der Waals surface area (Å²) < 4.78 is 11.1. The minimum Gasteiger partial charge on any atom is -0.497 e. The molecule has 0 saturated carbocycles. The van der Waals surface area contributed by atoms with Gasteiger partial charge in [0.15, 0.2) is 10.9 Å². The van der Waals surface area contributed by atoms with Crippen LogP contribution in [0.2, 0.25) is 0 Å². The van der Waals surface area contributed by atoms with E-state index in [0.29, 0.717) is 22.1 Å². The van der Waals surface area contributed by atoms with Gasteiger partial charge in [-0.1, -0.05) is 6.07 Å². The first-order valence-corrected chi connectivity index (χ1v) is 9.33. The Bertz CT molecular complexity index is 1140. The highest BCUT2D eigenvalue weighted by Crippen LogP contribution is 2.32. The van der Waals surface area contributed by atoms with Crippen molar-refractivity contribution in [2.45, 2.75) is 13.8 Å². The summed E-state index contributed by atoms with van der Waals surface area (Å²) in [7, 11) is 1.63. The van der Waals surface area contributed by atoms with Gasteiger partial charge in [0, 0.05) is 16.3 Å². The van der Waals surface area contributed by atoms with Crippen molar-refractivity contribution in [3.05, 3.63) is 64.5 Å². The second-order valence-electron chi connectivity index (χ2n) is 6.31. The average molecular weight is 378 g/mol. The molecule has 2 aromatic heterocycles. The molecule has 5 nitrogen and oxygen atoms in total. The number of rotatable bonds is 4. The number of nitrogens with one attached hydrogen (secondary N) is 1. The van der Waals surface area contributed by atoms with E-state index >= 15 is 0 Å². The number of furan rings is 1. The second kappa shape index (κ2) is 6.89. The van der Waals surface area contributed by atoms with Crippen LogP contribution in [0.15, 0.2) is 52.3 Å². The third-order valence-electron chi connectivity index (χ3n) is 4.47. The molecule has 6 heteroatoms. The molecular formula is C21H18N2O3S. The molecule has 4 rings (SSSR count). The lowest BCUT2D eigenvalue weighted by atomic mass is 10.1. The molecule has 136 valence electrons. The van der Waals surface area contributed by atoms with E-state index in [1.165, 1.54) is 11.3 Å². The van der Waals surface area contributed by atoms with E-state index in [2.05, 4.69) is 10.3 Å². The summed E-state index contributed by atoms with van der Waals surface area (Å²) in [4.78, 5) is 16.9. The molecule has 0 saturated heterocycles. The summed E-state index contributed by atoms with van der Waals surface area (Å²) in [5.41, 5.74) is 4.31. The average Bonchev–Trinajstić information content (AvgIpc) is 3.29. The fourth-order valence-electron chi connectivity index (χ4n) is 2.77. The third kappa shape index (κ3) is 3.44. The van der Waals surface area contributed by atoms with E-state index in [-0.39, 0.29) is 5.91 Å². The van der Waals surface area contributed by atoms with Crippen LogP contribution < -0.4 is 10.1 Å². The molecule has 2 aromatic carbocycles. The first-order valence-electron chi connectivity index (χ1n) is 8.45.